The summed E-state index contributed by atoms with van der Waals surface area (Å²) in [5, 5.41) is 16.8. The van der Waals surface area contributed by atoms with E-state index < -0.39 is 11.9 Å². The van der Waals surface area contributed by atoms with Gasteiger partial charge in [-0.3, -0.25) is 4.79 Å². The summed E-state index contributed by atoms with van der Waals surface area (Å²) < 4.78 is 6.44. The van der Waals surface area contributed by atoms with E-state index in [1.54, 1.807) is 12.1 Å². The van der Waals surface area contributed by atoms with Crippen LogP contribution < -0.4 is 5.73 Å². The third-order valence-electron chi connectivity index (χ3n) is 2.46. The number of para-hydroxylation sites is 1. The second kappa shape index (κ2) is 5.44. The number of aromatic nitrogens is 3. The van der Waals surface area contributed by atoms with E-state index >= 15 is 0 Å². The number of carbonyl (C=O) groups excluding carboxylic acids is 1. The van der Waals surface area contributed by atoms with Crippen LogP contribution in [0.25, 0.3) is 11.0 Å². The number of nitrogens with zero attached hydrogens (tertiary/aromatic N) is 3. The van der Waals surface area contributed by atoms with E-state index in [0.717, 1.165) is 0 Å². The lowest BCUT2D eigenvalue weighted by molar-refractivity contribution is -0.122. The molecule has 2 aromatic rings. The molecule has 0 aliphatic heterocycles. The van der Waals surface area contributed by atoms with Crippen molar-refractivity contribution in [1.82, 2.24) is 15.0 Å². The van der Waals surface area contributed by atoms with E-state index in [9.17, 15) is 9.59 Å². The Morgan fingerprint density at radius 1 is 1.42 bits per heavy atom. The number of hydrogen-bond donors (Lipinski definition) is 2. The van der Waals surface area contributed by atoms with Crippen LogP contribution in [-0.2, 0) is 16.1 Å². The van der Waals surface area contributed by atoms with Gasteiger partial charge in [-0.2, -0.15) is 0 Å². The molecule has 1 amide bonds. The summed E-state index contributed by atoms with van der Waals surface area (Å²) in [6.45, 7) is 0.293. The largest absolute Gasteiger partial charge is 0.478 e. The van der Waals surface area contributed by atoms with Crippen molar-refractivity contribution in [3.05, 3.63) is 23.8 Å². The summed E-state index contributed by atoms with van der Waals surface area (Å²) in [7, 11) is 0. The lowest BCUT2D eigenvalue weighted by atomic mass is 10.2. The third kappa shape index (κ3) is 2.86. The molecule has 0 unspecified atom stereocenters. The van der Waals surface area contributed by atoms with Gasteiger partial charge < -0.3 is 15.6 Å². The SMILES string of the molecule is NC(=O)COCCn1nnc2cccc(C(=O)O)c21. The quantitative estimate of drug-likeness (QED) is 0.687. The van der Waals surface area contributed by atoms with Crippen LogP contribution >= 0.6 is 0 Å². The zero-order chi connectivity index (χ0) is 13.8. The number of carbonyl (C=O) groups is 2. The normalized spacial score (nSPS) is 10.7. The van der Waals surface area contributed by atoms with Gasteiger partial charge in [-0.25, -0.2) is 9.48 Å². The number of benzene rings is 1. The standard InChI is InChI=1S/C11H12N4O4/c12-9(16)6-19-5-4-15-10-7(11(17)18)2-1-3-8(10)13-14-15/h1-3H,4-6H2,(H2,12,16)(H,17,18). The fraction of sp³-hybridized carbons (Fsp3) is 0.273. The second-order valence-corrected chi connectivity index (χ2v) is 3.81. The maximum Gasteiger partial charge on any atom is 0.337 e. The molecule has 0 atom stereocenters. The molecule has 19 heavy (non-hydrogen) atoms. The first-order chi connectivity index (χ1) is 9.09. The number of carboxylic acid groups (broad SMARTS) is 1. The molecule has 0 saturated carbocycles. The second-order valence-electron chi connectivity index (χ2n) is 3.81. The highest BCUT2D eigenvalue weighted by Gasteiger charge is 2.14. The van der Waals surface area contributed by atoms with Crippen molar-refractivity contribution in [1.29, 1.82) is 0 Å². The van der Waals surface area contributed by atoms with Crippen molar-refractivity contribution < 1.29 is 19.4 Å². The highest BCUT2D eigenvalue weighted by Crippen LogP contribution is 2.16. The number of amides is 1. The number of aromatic carboxylic acids is 1. The predicted molar refractivity (Wildman–Crippen MR) is 64.5 cm³/mol. The van der Waals surface area contributed by atoms with E-state index in [2.05, 4.69) is 10.3 Å². The lowest BCUT2D eigenvalue weighted by Crippen LogP contribution is -2.20. The number of nitrogens with two attached hydrogens (primary N) is 1. The van der Waals surface area contributed by atoms with Crippen LogP contribution in [0.2, 0.25) is 0 Å². The fourth-order valence-corrected chi connectivity index (χ4v) is 1.68. The summed E-state index contributed by atoms with van der Waals surface area (Å²) in [5.41, 5.74) is 5.98. The van der Waals surface area contributed by atoms with Crippen molar-refractivity contribution in [3.63, 3.8) is 0 Å². The first kappa shape index (κ1) is 13.0. The van der Waals surface area contributed by atoms with E-state index in [1.807, 2.05) is 0 Å². The molecule has 1 aromatic carbocycles. The van der Waals surface area contributed by atoms with Crippen molar-refractivity contribution in [3.8, 4) is 0 Å². The Morgan fingerprint density at radius 2 is 2.21 bits per heavy atom. The number of carboxylic acids is 1. The highest BCUT2D eigenvalue weighted by molar-refractivity contribution is 6.00. The summed E-state index contributed by atoms with van der Waals surface area (Å²) in [5.74, 6) is -1.61. The molecule has 0 fully saturated rings. The Bertz CT molecular complexity index is 622. The topological polar surface area (TPSA) is 120 Å². The van der Waals surface area contributed by atoms with Gasteiger partial charge in [-0.15, -0.1) is 5.10 Å². The molecular formula is C11H12N4O4. The van der Waals surface area contributed by atoms with Crippen molar-refractivity contribution in [2.24, 2.45) is 5.73 Å². The molecule has 0 aliphatic rings. The number of hydrogen-bond acceptors (Lipinski definition) is 5. The van der Waals surface area contributed by atoms with Gasteiger partial charge in [0.15, 0.2) is 0 Å². The molecule has 100 valence electrons. The first-order valence-corrected chi connectivity index (χ1v) is 5.51. The zero-order valence-electron chi connectivity index (χ0n) is 9.94. The smallest absolute Gasteiger partial charge is 0.337 e. The minimum absolute atomic E-state index is 0.123. The van der Waals surface area contributed by atoms with E-state index in [1.165, 1.54) is 10.7 Å². The minimum atomic E-state index is -1.05. The van der Waals surface area contributed by atoms with Crippen LogP contribution in [0.1, 0.15) is 10.4 Å². The molecule has 0 bridgehead atoms. The summed E-state index contributed by atoms with van der Waals surface area (Å²) in [4.78, 5) is 21.6. The Kier molecular flexibility index (Phi) is 3.71. The maximum absolute atomic E-state index is 11.1. The average Bonchev–Trinajstić information content (AvgIpc) is 2.77. The number of primary amides is 1. The molecule has 2 rings (SSSR count). The minimum Gasteiger partial charge on any atom is -0.478 e. The van der Waals surface area contributed by atoms with Crippen LogP contribution in [0, 0.1) is 0 Å². The predicted octanol–water partition coefficient (Wildman–Crippen LogP) is -0.369. The lowest BCUT2D eigenvalue weighted by Gasteiger charge is -2.04. The maximum atomic E-state index is 11.1. The molecule has 0 saturated heterocycles. The number of ether oxygens (including phenoxy) is 1. The van der Waals surface area contributed by atoms with Gasteiger partial charge in [0.1, 0.15) is 17.6 Å². The molecule has 1 heterocycles. The summed E-state index contributed by atoms with van der Waals surface area (Å²) >= 11 is 0. The van der Waals surface area contributed by atoms with Crippen LogP contribution in [0.4, 0.5) is 0 Å². The van der Waals surface area contributed by atoms with Gasteiger partial charge in [0.05, 0.1) is 18.7 Å². The van der Waals surface area contributed by atoms with E-state index in [0.29, 0.717) is 11.0 Å². The van der Waals surface area contributed by atoms with Gasteiger partial charge >= 0.3 is 5.97 Å². The molecular weight excluding hydrogens is 252 g/mol. The summed E-state index contributed by atoms with van der Waals surface area (Å²) in [6, 6.07) is 4.76. The van der Waals surface area contributed by atoms with Crippen LogP contribution in [0.3, 0.4) is 0 Å². The van der Waals surface area contributed by atoms with Gasteiger partial charge in [-0.1, -0.05) is 11.3 Å². The van der Waals surface area contributed by atoms with Gasteiger partial charge in [0.2, 0.25) is 5.91 Å². The Balaban J connectivity index is 2.19. The molecule has 0 aliphatic carbocycles. The Morgan fingerprint density at radius 3 is 2.89 bits per heavy atom. The van der Waals surface area contributed by atoms with E-state index in [-0.39, 0.29) is 25.3 Å². The highest BCUT2D eigenvalue weighted by atomic mass is 16.5. The Labute approximate surface area is 107 Å². The van der Waals surface area contributed by atoms with Crippen molar-refractivity contribution in [2.45, 2.75) is 6.54 Å². The molecule has 0 spiro atoms. The van der Waals surface area contributed by atoms with Crippen molar-refractivity contribution in [2.75, 3.05) is 13.2 Å². The number of rotatable bonds is 6. The van der Waals surface area contributed by atoms with Gasteiger partial charge in [0, 0.05) is 0 Å². The van der Waals surface area contributed by atoms with Crippen LogP contribution in [0.15, 0.2) is 18.2 Å². The first-order valence-electron chi connectivity index (χ1n) is 5.51. The molecule has 8 nitrogen and oxygen atoms in total. The zero-order valence-corrected chi connectivity index (χ0v) is 9.94. The van der Waals surface area contributed by atoms with Gasteiger partial charge in [0.25, 0.3) is 0 Å². The average molecular weight is 264 g/mol. The molecule has 3 N–H and O–H groups in total. The van der Waals surface area contributed by atoms with Crippen molar-refractivity contribution >= 4 is 22.9 Å². The molecule has 0 radical (unpaired) electrons. The number of fused-ring (bicyclic) bond motifs is 1. The monoisotopic (exact) mass is 264 g/mol. The van der Waals surface area contributed by atoms with E-state index in [4.69, 9.17) is 15.6 Å². The Hall–Kier alpha value is -2.48. The summed E-state index contributed by atoms with van der Waals surface area (Å²) in [6.07, 6.45) is 0. The van der Waals surface area contributed by atoms with Crippen LogP contribution in [0.5, 0.6) is 0 Å². The molecule has 1 aromatic heterocycles. The molecule has 8 heteroatoms. The van der Waals surface area contributed by atoms with Gasteiger partial charge in [-0.05, 0) is 12.1 Å². The third-order valence-corrected chi connectivity index (χ3v) is 2.46. The van der Waals surface area contributed by atoms with Crippen LogP contribution in [-0.4, -0.2) is 45.2 Å². The fourth-order valence-electron chi connectivity index (χ4n) is 1.68.